The average molecular weight is 454 g/mol. The van der Waals surface area contributed by atoms with Crippen LogP contribution in [0.1, 0.15) is 32.2 Å². The van der Waals surface area contributed by atoms with E-state index in [9.17, 15) is 8.42 Å². The minimum atomic E-state index is -3.62. The molecule has 0 saturated carbocycles. The largest absolute Gasteiger partial charge is 0.367 e. The van der Waals surface area contributed by atoms with Crippen molar-refractivity contribution < 1.29 is 8.42 Å². The van der Waals surface area contributed by atoms with Crippen molar-refractivity contribution in [3.8, 4) is 11.1 Å². The maximum Gasteiger partial charge on any atom is 0.241 e. The van der Waals surface area contributed by atoms with E-state index >= 15 is 0 Å². The van der Waals surface area contributed by atoms with Gasteiger partial charge in [0.25, 0.3) is 0 Å². The number of nitrogens with zero attached hydrogens (tertiary/aromatic N) is 2. The number of aromatic amines is 1. The lowest BCUT2D eigenvalue weighted by Crippen LogP contribution is -2.40. The predicted molar refractivity (Wildman–Crippen MR) is 116 cm³/mol. The van der Waals surface area contributed by atoms with Crippen molar-refractivity contribution in [3.05, 3.63) is 57.8 Å². The smallest absolute Gasteiger partial charge is 0.241 e. The van der Waals surface area contributed by atoms with Crippen LogP contribution < -0.4 is 10.5 Å². The third-order valence-corrected chi connectivity index (χ3v) is 6.29. The Hall–Kier alpha value is -2.13. The van der Waals surface area contributed by atoms with Gasteiger partial charge in [-0.15, -0.1) is 5.10 Å². The van der Waals surface area contributed by atoms with Crippen molar-refractivity contribution in [1.29, 1.82) is 0 Å². The SMILES string of the molecule is CC(C)(C)NS(=O)(=O)c1ccc(-c2c(Cl)cc(Cc3nc(N)n[nH]3)cc2Cl)cc1. The number of sulfonamides is 1. The normalized spacial score (nSPS) is 12.3. The Kier molecular flexibility index (Phi) is 5.91. The van der Waals surface area contributed by atoms with Crippen molar-refractivity contribution in [2.75, 3.05) is 5.73 Å². The summed E-state index contributed by atoms with van der Waals surface area (Å²) >= 11 is 12.9. The van der Waals surface area contributed by atoms with Gasteiger partial charge in [-0.2, -0.15) is 4.98 Å². The molecule has 0 aliphatic rings. The molecule has 1 heterocycles. The molecule has 0 fully saturated rings. The van der Waals surface area contributed by atoms with Crippen LogP contribution in [0, 0.1) is 0 Å². The van der Waals surface area contributed by atoms with Gasteiger partial charge in [0.2, 0.25) is 16.0 Å². The van der Waals surface area contributed by atoms with Gasteiger partial charge < -0.3 is 5.73 Å². The van der Waals surface area contributed by atoms with Crippen LogP contribution in [0.3, 0.4) is 0 Å². The maximum atomic E-state index is 12.5. The van der Waals surface area contributed by atoms with Gasteiger partial charge in [-0.25, -0.2) is 13.1 Å². The van der Waals surface area contributed by atoms with Crippen molar-refractivity contribution in [3.63, 3.8) is 0 Å². The summed E-state index contributed by atoms with van der Waals surface area (Å²) in [4.78, 5) is 4.24. The summed E-state index contributed by atoms with van der Waals surface area (Å²) < 4.78 is 27.5. The number of halogens is 2. The van der Waals surface area contributed by atoms with Gasteiger partial charge >= 0.3 is 0 Å². The first-order valence-corrected chi connectivity index (χ1v) is 11.0. The van der Waals surface area contributed by atoms with Crippen LogP contribution in [0.2, 0.25) is 10.0 Å². The highest BCUT2D eigenvalue weighted by molar-refractivity contribution is 7.89. The quantitative estimate of drug-likeness (QED) is 0.539. The summed E-state index contributed by atoms with van der Waals surface area (Å²) in [5.74, 6) is 0.771. The first-order chi connectivity index (χ1) is 13.4. The second-order valence-corrected chi connectivity index (χ2v) is 10.1. The minimum absolute atomic E-state index is 0.169. The number of hydrogen-bond donors (Lipinski definition) is 3. The van der Waals surface area contributed by atoms with Gasteiger partial charge in [0.15, 0.2) is 0 Å². The van der Waals surface area contributed by atoms with E-state index in [-0.39, 0.29) is 10.8 Å². The summed E-state index contributed by atoms with van der Waals surface area (Å²) in [6.45, 7) is 5.35. The van der Waals surface area contributed by atoms with Crippen molar-refractivity contribution in [1.82, 2.24) is 19.9 Å². The van der Waals surface area contributed by atoms with E-state index in [1.54, 1.807) is 45.0 Å². The third kappa shape index (κ3) is 5.27. The zero-order valence-corrected chi connectivity index (χ0v) is 18.5. The molecule has 0 spiro atoms. The summed E-state index contributed by atoms with van der Waals surface area (Å²) in [6, 6.07) is 9.99. The highest BCUT2D eigenvalue weighted by Gasteiger charge is 2.22. The lowest BCUT2D eigenvalue weighted by atomic mass is 10.0. The molecule has 0 amide bonds. The van der Waals surface area contributed by atoms with Crippen molar-refractivity contribution in [2.24, 2.45) is 0 Å². The Labute approximate surface area is 179 Å². The lowest BCUT2D eigenvalue weighted by molar-refractivity contribution is 0.491. The zero-order chi connectivity index (χ0) is 21.4. The molecule has 0 saturated heterocycles. The van der Waals surface area contributed by atoms with Crippen LogP contribution in [0.25, 0.3) is 11.1 Å². The molecule has 2 aromatic carbocycles. The molecule has 1 aromatic heterocycles. The number of nitrogen functional groups attached to an aromatic ring is 1. The number of nitrogens with one attached hydrogen (secondary N) is 2. The summed E-state index contributed by atoms with van der Waals surface area (Å²) in [6.07, 6.45) is 0.444. The molecule has 0 aliphatic heterocycles. The molecule has 154 valence electrons. The fraction of sp³-hybridized carbons (Fsp3) is 0.263. The number of H-pyrrole nitrogens is 1. The molecule has 7 nitrogen and oxygen atoms in total. The van der Waals surface area contributed by atoms with Gasteiger partial charge in [0.1, 0.15) is 5.82 Å². The van der Waals surface area contributed by atoms with Crippen molar-refractivity contribution >= 4 is 39.2 Å². The number of aromatic nitrogens is 3. The molecular formula is C19H21Cl2N5O2S. The number of anilines is 1. The van der Waals surface area contributed by atoms with E-state index in [0.29, 0.717) is 33.4 Å². The van der Waals surface area contributed by atoms with E-state index in [2.05, 4.69) is 19.9 Å². The van der Waals surface area contributed by atoms with Gasteiger partial charge in [0.05, 0.1) is 14.9 Å². The summed E-state index contributed by atoms with van der Waals surface area (Å²) in [5, 5.41) is 7.43. The van der Waals surface area contributed by atoms with E-state index in [1.165, 1.54) is 12.1 Å². The number of benzene rings is 2. The number of hydrogen-bond acceptors (Lipinski definition) is 5. The van der Waals surface area contributed by atoms with Gasteiger partial charge in [-0.3, -0.25) is 5.10 Å². The highest BCUT2D eigenvalue weighted by atomic mass is 35.5. The Morgan fingerprint density at radius 1 is 1.10 bits per heavy atom. The minimum Gasteiger partial charge on any atom is -0.367 e. The fourth-order valence-corrected chi connectivity index (χ4v) is 5.02. The lowest BCUT2D eigenvalue weighted by Gasteiger charge is -2.20. The molecule has 10 heteroatoms. The van der Waals surface area contributed by atoms with E-state index in [0.717, 1.165) is 5.56 Å². The molecule has 4 N–H and O–H groups in total. The first-order valence-electron chi connectivity index (χ1n) is 8.74. The monoisotopic (exact) mass is 453 g/mol. The van der Waals surface area contributed by atoms with Crippen LogP contribution in [0.15, 0.2) is 41.3 Å². The van der Waals surface area contributed by atoms with Crippen LogP contribution in [0.4, 0.5) is 5.95 Å². The molecular weight excluding hydrogens is 433 g/mol. The summed E-state index contributed by atoms with van der Waals surface area (Å²) in [7, 11) is -3.62. The molecule has 0 radical (unpaired) electrons. The van der Waals surface area contributed by atoms with Crippen LogP contribution in [0.5, 0.6) is 0 Å². The highest BCUT2D eigenvalue weighted by Crippen LogP contribution is 2.36. The number of rotatable bonds is 5. The Morgan fingerprint density at radius 2 is 1.69 bits per heavy atom. The van der Waals surface area contributed by atoms with Gasteiger partial charge in [-0.05, 0) is 56.2 Å². The third-order valence-electron chi connectivity index (χ3n) is 3.92. The number of nitrogens with two attached hydrogens (primary N) is 1. The van der Waals surface area contributed by atoms with Crippen LogP contribution in [-0.2, 0) is 16.4 Å². The van der Waals surface area contributed by atoms with E-state index < -0.39 is 15.6 Å². The first kappa shape index (κ1) is 21.6. The van der Waals surface area contributed by atoms with Gasteiger partial charge in [-0.1, -0.05) is 35.3 Å². The van der Waals surface area contributed by atoms with Crippen LogP contribution in [-0.4, -0.2) is 29.1 Å². The Bertz CT molecular complexity index is 1110. The van der Waals surface area contributed by atoms with E-state index in [4.69, 9.17) is 28.9 Å². The maximum absolute atomic E-state index is 12.5. The zero-order valence-electron chi connectivity index (χ0n) is 16.1. The summed E-state index contributed by atoms with van der Waals surface area (Å²) in [5.41, 5.74) is 7.12. The molecule has 0 bridgehead atoms. The second kappa shape index (κ2) is 7.95. The fourth-order valence-electron chi connectivity index (χ4n) is 2.85. The van der Waals surface area contributed by atoms with Crippen LogP contribution >= 0.6 is 23.2 Å². The molecule has 3 aromatic rings. The van der Waals surface area contributed by atoms with Crippen molar-refractivity contribution in [2.45, 2.75) is 37.6 Å². The predicted octanol–water partition coefficient (Wildman–Crippen LogP) is 4.03. The van der Waals surface area contributed by atoms with Gasteiger partial charge in [0, 0.05) is 17.5 Å². The second-order valence-electron chi connectivity index (χ2n) is 7.63. The standard InChI is InChI=1S/C19H21Cl2N5O2S/c1-19(2,3)26-29(27,28)13-6-4-12(5-7-13)17-14(20)8-11(9-15(17)21)10-16-23-18(22)25-24-16/h4-9,26H,10H2,1-3H3,(H3,22,23,24,25). The molecule has 0 aliphatic carbocycles. The molecule has 29 heavy (non-hydrogen) atoms. The molecule has 3 rings (SSSR count). The average Bonchev–Trinajstić information content (AvgIpc) is 2.97. The molecule has 0 unspecified atom stereocenters. The topological polar surface area (TPSA) is 114 Å². The Balaban J connectivity index is 1.89. The van der Waals surface area contributed by atoms with E-state index in [1.807, 2.05) is 0 Å². The Morgan fingerprint density at radius 3 is 2.17 bits per heavy atom. The molecule has 0 atom stereocenters.